The normalized spacial score (nSPS) is 26.4. The first-order valence-corrected chi connectivity index (χ1v) is 25.7. The third-order valence-electron chi connectivity index (χ3n) is 13.1. The zero-order valence-corrected chi connectivity index (χ0v) is 39.8. The highest BCUT2D eigenvalue weighted by atomic mass is 35.5. The van der Waals surface area contributed by atoms with Crippen molar-refractivity contribution >= 4 is 64.2 Å². The Morgan fingerprint density at radius 2 is 1.80 bits per heavy atom. The number of thiazole rings is 1. The Hall–Kier alpha value is -4.83. The van der Waals surface area contributed by atoms with Crippen molar-refractivity contribution in [1.29, 1.82) is 0 Å². The van der Waals surface area contributed by atoms with Gasteiger partial charge in [0.1, 0.15) is 63.4 Å². The van der Waals surface area contributed by atoms with Crippen molar-refractivity contribution in [3.8, 4) is 22.9 Å². The zero-order chi connectivity index (χ0) is 46.9. The number of nitrogens with zero attached hydrogens (tertiary/aromatic N) is 3. The van der Waals surface area contributed by atoms with E-state index in [2.05, 4.69) is 16.0 Å². The molecule has 0 spiro atoms. The van der Waals surface area contributed by atoms with Gasteiger partial charge < -0.3 is 40.0 Å². The maximum Gasteiger partial charge on any atom is 0.408 e. The third-order valence-corrected chi connectivity index (χ3v) is 16.9. The van der Waals surface area contributed by atoms with Crippen molar-refractivity contribution in [3.63, 3.8) is 0 Å². The molecule has 2 aliphatic carbocycles. The van der Waals surface area contributed by atoms with Crippen LogP contribution in [-0.4, -0.2) is 86.9 Å². The van der Waals surface area contributed by atoms with Crippen LogP contribution in [0.3, 0.4) is 0 Å². The molecule has 0 bridgehead atoms. The molecule has 2 saturated carbocycles. The highest BCUT2D eigenvalue weighted by molar-refractivity contribution is 7.59. The van der Waals surface area contributed by atoms with Gasteiger partial charge in [-0.2, -0.15) is 0 Å². The van der Waals surface area contributed by atoms with Crippen molar-refractivity contribution in [2.24, 2.45) is 11.8 Å². The lowest BCUT2D eigenvalue weighted by atomic mass is 9.94. The molecule has 66 heavy (non-hydrogen) atoms. The summed E-state index contributed by atoms with van der Waals surface area (Å²) in [6.45, 7) is 5.77. The topological polar surface area (TPSA) is 181 Å². The number of ether oxygens (including phenoxy) is 3. The molecular formula is C47H56ClF2N6O8PS. The summed E-state index contributed by atoms with van der Waals surface area (Å²) in [5.41, 5.74) is 0.816. The average Bonchev–Trinajstić information content (AvgIpc) is 3.69. The molecule has 1 unspecified atom stereocenters. The predicted molar refractivity (Wildman–Crippen MR) is 249 cm³/mol. The number of allylic oxidation sites excluding steroid dienone is 1. The molecule has 19 heteroatoms. The Morgan fingerprint density at radius 3 is 2.53 bits per heavy atom. The van der Waals surface area contributed by atoms with Gasteiger partial charge in [-0.3, -0.25) is 14.2 Å². The van der Waals surface area contributed by atoms with E-state index in [9.17, 15) is 27.8 Å². The van der Waals surface area contributed by atoms with Gasteiger partial charge in [-0.05, 0) is 95.4 Å². The van der Waals surface area contributed by atoms with Crippen LogP contribution in [0, 0.1) is 23.5 Å². The number of hydrogen-bond acceptors (Lipinski definition) is 11. The number of pyridine rings is 1. The van der Waals surface area contributed by atoms with E-state index in [4.69, 9.17) is 35.8 Å². The number of hydrogen-bond donors (Lipinski definition) is 4. The lowest BCUT2D eigenvalue weighted by Crippen LogP contribution is -2.57. The minimum absolute atomic E-state index is 0.0366. The van der Waals surface area contributed by atoms with Crippen molar-refractivity contribution in [1.82, 2.24) is 25.5 Å². The van der Waals surface area contributed by atoms with Gasteiger partial charge in [-0.15, -0.1) is 11.3 Å². The Morgan fingerprint density at radius 1 is 1.06 bits per heavy atom. The van der Waals surface area contributed by atoms with Crippen LogP contribution < -0.4 is 25.4 Å². The van der Waals surface area contributed by atoms with E-state index in [1.54, 1.807) is 24.3 Å². The number of aromatic nitrogens is 2. The highest BCUT2D eigenvalue weighted by Crippen LogP contribution is 2.71. The number of carbonyl (C=O) groups is 3. The molecule has 4 N–H and O–H groups in total. The molecular weight excluding hydrogens is 913 g/mol. The fourth-order valence-electron chi connectivity index (χ4n) is 9.43. The number of amides is 3. The molecule has 8 rings (SSSR count). The molecule has 2 aromatic carbocycles. The SMILES string of the molecule is COc1ccc2c(O[C@@H]3C[C@H]4C(=O)N[C@]5(P(=O)(O)Cc6c(F)cccc6F)C[C@@H]5/C=C\CCCC[C@@H](C)[C@H](NC(=O)OC5CCCC5)C(=O)N4C3)cc(-c3csc(NC(C)C)n3)nc2c1Cl. The number of benzene rings is 2. The van der Waals surface area contributed by atoms with Crippen LogP contribution in [0.4, 0.5) is 18.7 Å². The number of halogens is 3. The van der Waals surface area contributed by atoms with Crippen LogP contribution in [0.1, 0.15) is 90.5 Å². The van der Waals surface area contributed by atoms with Gasteiger partial charge in [0.15, 0.2) is 5.13 Å². The number of methoxy groups -OCH3 is 1. The third kappa shape index (κ3) is 10.0. The molecule has 2 aliphatic heterocycles. The summed E-state index contributed by atoms with van der Waals surface area (Å²) in [5.74, 6) is -3.53. The molecule has 14 nitrogen and oxygen atoms in total. The van der Waals surface area contributed by atoms with Crippen molar-refractivity contribution in [2.75, 3.05) is 19.0 Å². The predicted octanol–water partition coefficient (Wildman–Crippen LogP) is 9.57. The molecule has 2 aromatic heterocycles. The summed E-state index contributed by atoms with van der Waals surface area (Å²) >= 11 is 8.28. The second kappa shape index (κ2) is 19.8. The smallest absolute Gasteiger partial charge is 0.408 e. The molecule has 3 amide bonds. The van der Waals surface area contributed by atoms with Crippen molar-refractivity contribution in [2.45, 2.75) is 127 Å². The molecule has 4 aromatic rings. The van der Waals surface area contributed by atoms with Gasteiger partial charge in [-0.25, -0.2) is 23.5 Å². The van der Waals surface area contributed by atoms with Gasteiger partial charge in [0.05, 0.1) is 31.0 Å². The standard InChI is InChI=1S/C47H56ClF2N6O8PS/c1-26(2)51-45-53-36(25-66-45)35-21-39(31-18-19-38(62-4)40(48)42(31)52-35)63-30-20-37-43(57)55-47(65(60,61)24-32-33(49)16-11-17-34(32)50)22-28(47)13-8-6-5-7-12-27(3)41(44(58)56(37)23-30)54-46(59)64-29-14-9-10-15-29/h8,11,13,16-19,21,25-30,37,41H,5-7,9-10,12,14-15,20,22-24H2,1-4H3,(H,51,53)(H,54,59)(H,55,57)(H,60,61)/b13-8-/t27-,28+,30-,37+,41+,47+/m1/s1. The van der Waals surface area contributed by atoms with Crippen LogP contribution in [0.5, 0.6) is 11.5 Å². The maximum absolute atomic E-state index is 15.1. The number of carbonyl (C=O) groups excluding carboxylic acids is 3. The molecule has 4 heterocycles. The second-order valence-electron chi connectivity index (χ2n) is 18.2. The molecule has 3 fully saturated rings. The summed E-state index contributed by atoms with van der Waals surface area (Å²) < 4.78 is 62.6. The lowest BCUT2D eigenvalue weighted by Gasteiger charge is -2.33. The molecule has 4 aliphatic rings. The average molecular weight is 969 g/mol. The second-order valence-corrected chi connectivity index (χ2v) is 22.0. The first kappa shape index (κ1) is 47.7. The minimum atomic E-state index is -4.62. The van der Waals surface area contributed by atoms with Crippen LogP contribution in [0.15, 0.2) is 53.9 Å². The molecule has 7 atom stereocenters. The quantitative estimate of drug-likeness (QED) is 0.0830. The Balaban J connectivity index is 1.16. The molecule has 1 saturated heterocycles. The Kier molecular flexibility index (Phi) is 14.3. The summed E-state index contributed by atoms with van der Waals surface area (Å²) in [7, 11) is -3.13. The van der Waals surface area contributed by atoms with E-state index in [0.29, 0.717) is 64.6 Å². The lowest BCUT2D eigenvalue weighted by molar-refractivity contribution is -0.141. The first-order chi connectivity index (χ1) is 31.6. The van der Waals surface area contributed by atoms with Crippen molar-refractivity contribution in [3.05, 3.63) is 76.2 Å². The number of anilines is 1. The van der Waals surface area contributed by atoms with Crippen LogP contribution >= 0.6 is 30.3 Å². The van der Waals surface area contributed by atoms with Crippen LogP contribution in [-0.2, 0) is 25.1 Å². The fraction of sp³-hybridized carbons (Fsp3) is 0.511. The van der Waals surface area contributed by atoms with Gasteiger partial charge >= 0.3 is 6.09 Å². The fourth-order valence-corrected chi connectivity index (χ4v) is 12.9. The van der Waals surface area contributed by atoms with E-state index in [1.165, 1.54) is 29.4 Å². The monoisotopic (exact) mass is 968 g/mol. The number of fused-ring (bicyclic) bond motifs is 3. The van der Waals surface area contributed by atoms with Gasteiger partial charge in [0.25, 0.3) is 0 Å². The largest absolute Gasteiger partial charge is 0.495 e. The number of alkyl carbamates (subject to hydrolysis) is 1. The van der Waals surface area contributed by atoms with E-state index in [0.717, 1.165) is 37.8 Å². The van der Waals surface area contributed by atoms with E-state index in [-0.39, 0.29) is 42.5 Å². The first-order valence-electron chi connectivity index (χ1n) is 22.6. The maximum atomic E-state index is 15.1. The van der Waals surface area contributed by atoms with Crippen LogP contribution in [0.2, 0.25) is 5.02 Å². The van der Waals surface area contributed by atoms with E-state index in [1.807, 2.05) is 32.2 Å². The van der Waals surface area contributed by atoms with E-state index < -0.39 is 78.0 Å². The zero-order valence-electron chi connectivity index (χ0n) is 37.4. The Bertz CT molecular complexity index is 2540. The van der Waals surface area contributed by atoms with E-state index >= 15 is 4.79 Å². The van der Waals surface area contributed by atoms with Gasteiger partial charge in [0, 0.05) is 40.8 Å². The van der Waals surface area contributed by atoms with Gasteiger partial charge in [0.2, 0.25) is 19.2 Å². The number of nitrogens with one attached hydrogen (secondary N) is 3. The minimum Gasteiger partial charge on any atom is -0.495 e. The summed E-state index contributed by atoms with van der Waals surface area (Å²) in [6.07, 6.45) is 6.86. The summed E-state index contributed by atoms with van der Waals surface area (Å²) in [6, 6.07) is 6.15. The summed E-state index contributed by atoms with van der Waals surface area (Å²) in [4.78, 5) is 66.3. The van der Waals surface area contributed by atoms with Crippen molar-refractivity contribution < 1.29 is 46.8 Å². The molecule has 0 radical (unpaired) electrons. The number of rotatable bonds is 11. The van der Waals surface area contributed by atoms with Crippen LogP contribution in [0.25, 0.3) is 22.3 Å². The van der Waals surface area contributed by atoms with Gasteiger partial charge in [-0.1, -0.05) is 43.2 Å². The summed E-state index contributed by atoms with van der Waals surface area (Å²) in [5, 5.41) is 10.5. The highest BCUT2D eigenvalue weighted by Gasteiger charge is 2.66. The molecule has 354 valence electrons. The Labute approximate surface area is 391 Å².